The van der Waals surface area contributed by atoms with Crippen molar-refractivity contribution in [2.24, 2.45) is 0 Å². The first-order valence-electron chi connectivity index (χ1n) is 3.82. The number of halogens is 1. The molecule has 0 aliphatic carbocycles. The van der Waals surface area contributed by atoms with Crippen molar-refractivity contribution in [3.05, 3.63) is 28.9 Å². The maximum absolute atomic E-state index is 10.6. The zero-order chi connectivity index (χ0) is 10.3. The van der Waals surface area contributed by atoms with E-state index in [1.165, 1.54) is 18.2 Å². The van der Waals surface area contributed by atoms with E-state index < -0.39 is 5.97 Å². The normalized spacial score (nSPS) is 10.6. The number of aromatic nitrogens is 1. The van der Waals surface area contributed by atoms with Crippen LogP contribution in [0.4, 0.5) is 0 Å². The summed E-state index contributed by atoms with van der Waals surface area (Å²) < 4.78 is 0. The smallest absolute Gasteiger partial charge is 0.352 e. The highest BCUT2D eigenvalue weighted by molar-refractivity contribution is 6.35. The summed E-state index contributed by atoms with van der Waals surface area (Å²) in [5, 5.41) is 18.8. The van der Waals surface area contributed by atoms with Gasteiger partial charge < -0.3 is 15.2 Å². The molecule has 0 spiro atoms. The molecule has 3 N–H and O–H groups in total. The Labute approximate surface area is 83.7 Å². The van der Waals surface area contributed by atoms with Gasteiger partial charge in [-0.3, -0.25) is 0 Å². The molecule has 0 amide bonds. The zero-order valence-corrected chi connectivity index (χ0v) is 7.67. The lowest BCUT2D eigenvalue weighted by molar-refractivity contribution is 0.0691. The SMILES string of the molecule is O=C(O)c1cc2cc(O)cc(Cl)c2[nH]1. The van der Waals surface area contributed by atoms with E-state index in [4.69, 9.17) is 16.7 Å². The molecule has 0 saturated heterocycles. The Balaban J connectivity index is 2.76. The van der Waals surface area contributed by atoms with Crippen molar-refractivity contribution in [1.29, 1.82) is 0 Å². The second-order valence-electron chi connectivity index (χ2n) is 2.88. The standard InChI is InChI=1S/C9H6ClNO3/c10-6-3-5(12)1-4-2-7(9(13)14)11-8(4)6/h1-3,11-12H,(H,13,14). The summed E-state index contributed by atoms with van der Waals surface area (Å²) in [6.07, 6.45) is 0. The third-order valence-electron chi connectivity index (χ3n) is 1.90. The molecule has 2 rings (SSSR count). The molecule has 14 heavy (non-hydrogen) atoms. The van der Waals surface area contributed by atoms with Crippen molar-refractivity contribution < 1.29 is 15.0 Å². The first-order chi connectivity index (χ1) is 6.58. The molecule has 2 aromatic rings. The van der Waals surface area contributed by atoms with Gasteiger partial charge in [-0.2, -0.15) is 0 Å². The van der Waals surface area contributed by atoms with E-state index >= 15 is 0 Å². The highest BCUT2D eigenvalue weighted by Crippen LogP contribution is 2.28. The predicted octanol–water partition coefficient (Wildman–Crippen LogP) is 2.23. The van der Waals surface area contributed by atoms with Crippen LogP contribution in [0.15, 0.2) is 18.2 Å². The summed E-state index contributed by atoms with van der Waals surface area (Å²) in [6.45, 7) is 0. The number of aromatic amines is 1. The molecule has 1 aromatic carbocycles. The van der Waals surface area contributed by atoms with Crippen LogP contribution in [0.2, 0.25) is 5.02 Å². The topological polar surface area (TPSA) is 73.3 Å². The summed E-state index contributed by atoms with van der Waals surface area (Å²) in [4.78, 5) is 13.3. The Morgan fingerprint density at radius 1 is 1.36 bits per heavy atom. The fraction of sp³-hybridized carbons (Fsp3) is 0. The molecule has 0 fully saturated rings. The predicted molar refractivity (Wildman–Crippen MR) is 51.9 cm³/mol. The lowest BCUT2D eigenvalue weighted by atomic mass is 10.2. The molecule has 72 valence electrons. The summed E-state index contributed by atoms with van der Waals surface area (Å²) in [5.41, 5.74) is 0.564. The second kappa shape index (κ2) is 2.92. The van der Waals surface area contributed by atoms with Crippen LogP contribution >= 0.6 is 11.6 Å². The van der Waals surface area contributed by atoms with Crippen LogP contribution in [0.1, 0.15) is 10.5 Å². The van der Waals surface area contributed by atoms with Crippen LogP contribution in [0, 0.1) is 0 Å². The fourth-order valence-corrected chi connectivity index (χ4v) is 1.57. The van der Waals surface area contributed by atoms with E-state index in [0.29, 0.717) is 15.9 Å². The van der Waals surface area contributed by atoms with E-state index in [0.717, 1.165) is 0 Å². The molecule has 0 aliphatic rings. The van der Waals surface area contributed by atoms with Gasteiger partial charge in [0.15, 0.2) is 0 Å². The van der Waals surface area contributed by atoms with Crippen molar-refractivity contribution in [3.63, 3.8) is 0 Å². The lowest BCUT2D eigenvalue weighted by Gasteiger charge is -1.94. The average molecular weight is 212 g/mol. The van der Waals surface area contributed by atoms with Crippen LogP contribution in [-0.2, 0) is 0 Å². The number of hydrogen-bond donors (Lipinski definition) is 3. The van der Waals surface area contributed by atoms with Crippen molar-refractivity contribution in [2.75, 3.05) is 0 Å². The molecule has 0 radical (unpaired) electrons. The number of fused-ring (bicyclic) bond motifs is 1. The quantitative estimate of drug-likeness (QED) is 0.677. The molecule has 0 bridgehead atoms. The van der Waals surface area contributed by atoms with Gasteiger partial charge in [0, 0.05) is 11.5 Å². The Kier molecular flexibility index (Phi) is 1.86. The van der Waals surface area contributed by atoms with Gasteiger partial charge in [0.25, 0.3) is 0 Å². The number of phenolic OH excluding ortho intramolecular Hbond substituents is 1. The Morgan fingerprint density at radius 3 is 2.71 bits per heavy atom. The highest BCUT2D eigenvalue weighted by atomic mass is 35.5. The van der Waals surface area contributed by atoms with Crippen LogP contribution in [0.25, 0.3) is 10.9 Å². The molecule has 1 heterocycles. The third-order valence-corrected chi connectivity index (χ3v) is 2.19. The number of phenols is 1. The Hall–Kier alpha value is -1.68. The van der Waals surface area contributed by atoms with E-state index in [-0.39, 0.29) is 11.4 Å². The van der Waals surface area contributed by atoms with E-state index in [1.54, 1.807) is 0 Å². The van der Waals surface area contributed by atoms with Crippen molar-refractivity contribution in [3.8, 4) is 5.75 Å². The van der Waals surface area contributed by atoms with E-state index in [9.17, 15) is 9.90 Å². The maximum Gasteiger partial charge on any atom is 0.352 e. The molecular formula is C9H6ClNO3. The molecule has 4 nitrogen and oxygen atoms in total. The number of carboxylic acid groups (broad SMARTS) is 1. The first kappa shape index (κ1) is 8.90. The number of rotatable bonds is 1. The number of benzene rings is 1. The van der Waals surface area contributed by atoms with Gasteiger partial charge in [-0.15, -0.1) is 0 Å². The van der Waals surface area contributed by atoms with Gasteiger partial charge in [-0.25, -0.2) is 4.79 Å². The van der Waals surface area contributed by atoms with Gasteiger partial charge in [-0.1, -0.05) is 11.6 Å². The van der Waals surface area contributed by atoms with Gasteiger partial charge >= 0.3 is 5.97 Å². The largest absolute Gasteiger partial charge is 0.508 e. The molecule has 1 aromatic heterocycles. The zero-order valence-electron chi connectivity index (χ0n) is 6.91. The third kappa shape index (κ3) is 1.29. The fourth-order valence-electron chi connectivity index (χ4n) is 1.30. The Bertz CT molecular complexity index is 518. The summed E-state index contributed by atoms with van der Waals surface area (Å²) in [5.74, 6) is -1.05. The number of carboxylic acids is 1. The van der Waals surface area contributed by atoms with Gasteiger partial charge in [-0.05, 0) is 12.1 Å². The molecule has 0 unspecified atom stereocenters. The van der Waals surface area contributed by atoms with Crippen LogP contribution in [0.5, 0.6) is 5.75 Å². The number of nitrogens with one attached hydrogen (secondary N) is 1. The van der Waals surface area contributed by atoms with Gasteiger partial charge in [0.1, 0.15) is 11.4 Å². The summed E-state index contributed by atoms with van der Waals surface area (Å²) in [6, 6.07) is 4.22. The van der Waals surface area contributed by atoms with E-state index in [1.807, 2.05) is 0 Å². The van der Waals surface area contributed by atoms with Crippen molar-refractivity contribution >= 4 is 28.5 Å². The average Bonchev–Trinajstić information content (AvgIpc) is 2.47. The van der Waals surface area contributed by atoms with E-state index in [2.05, 4.69) is 4.98 Å². The van der Waals surface area contributed by atoms with Gasteiger partial charge in [0.05, 0.1) is 10.5 Å². The van der Waals surface area contributed by atoms with Gasteiger partial charge in [0.2, 0.25) is 0 Å². The number of aromatic carboxylic acids is 1. The number of hydrogen-bond acceptors (Lipinski definition) is 2. The molecule has 0 atom stereocenters. The van der Waals surface area contributed by atoms with Crippen LogP contribution < -0.4 is 0 Å². The first-order valence-corrected chi connectivity index (χ1v) is 4.20. The molecule has 5 heteroatoms. The maximum atomic E-state index is 10.6. The summed E-state index contributed by atoms with van der Waals surface area (Å²) in [7, 11) is 0. The lowest BCUT2D eigenvalue weighted by Crippen LogP contribution is -1.94. The second-order valence-corrected chi connectivity index (χ2v) is 3.29. The molecule has 0 aliphatic heterocycles. The van der Waals surface area contributed by atoms with Crippen molar-refractivity contribution in [2.45, 2.75) is 0 Å². The molecular weight excluding hydrogens is 206 g/mol. The van der Waals surface area contributed by atoms with Crippen molar-refractivity contribution in [1.82, 2.24) is 4.98 Å². The minimum atomic E-state index is -1.06. The number of H-pyrrole nitrogens is 1. The monoisotopic (exact) mass is 211 g/mol. The summed E-state index contributed by atoms with van der Waals surface area (Å²) >= 11 is 5.80. The minimum Gasteiger partial charge on any atom is -0.508 e. The van der Waals surface area contributed by atoms with Crippen LogP contribution in [-0.4, -0.2) is 21.2 Å². The number of carbonyl (C=O) groups is 1. The molecule has 0 saturated carbocycles. The number of aromatic hydroxyl groups is 1. The Morgan fingerprint density at radius 2 is 2.07 bits per heavy atom. The highest BCUT2D eigenvalue weighted by Gasteiger charge is 2.10. The van der Waals surface area contributed by atoms with Crippen LogP contribution in [0.3, 0.4) is 0 Å². The minimum absolute atomic E-state index is 0.0124.